The summed E-state index contributed by atoms with van der Waals surface area (Å²) in [5.41, 5.74) is 0. The standard InChI is InChI=1S/C12H23NO3/c1-3-11(14)8-13-6-4-12(5-7-13)15-9-10(2)16-12/h10-11,14H,3-9H2,1-2H3/t10-,11-/m1/s1. The van der Waals surface area contributed by atoms with Gasteiger partial charge in [0.15, 0.2) is 5.79 Å². The highest BCUT2D eigenvalue weighted by atomic mass is 16.7. The van der Waals surface area contributed by atoms with Crippen molar-refractivity contribution in [2.75, 3.05) is 26.2 Å². The third-order valence-electron chi connectivity index (χ3n) is 3.56. The summed E-state index contributed by atoms with van der Waals surface area (Å²) in [6.45, 7) is 7.50. The van der Waals surface area contributed by atoms with Gasteiger partial charge in [-0.1, -0.05) is 6.92 Å². The Labute approximate surface area is 97.5 Å². The maximum absolute atomic E-state index is 9.60. The summed E-state index contributed by atoms with van der Waals surface area (Å²) in [5, 5.41) is 9.60. The molecule has 2 aliphatic heterocycles. The van der Waals surface area contributed by atoms with E-state index in [2.05, 4.69) is 11.8 Å². The highest BCUT2D eigenvalue weighted by Crippen LogP contribution is 2.33. The van der Waals surface area contributed by atoms with Crippen molar-refractivity contribution in [2.45, 2.75) is 51.1 Å². The van der Waals surface area contributed by atoms with E-state index >= 15 is 0 Å². The van der Waals surface area contributed by atoms with Crippen LogP contribution in [0.25, 0.3) is 0 Å². The second-order valence-corrected chi connectivity index (χ2v) is 5.01. The molecule has 4 nitrogen and oxygen atoms in total. The second-order valence-electron chi connectivity index (χ2n) is 5.01. The van der Waals surface area contributed by atoms with Crippen molar-refractivity contribution < 1.29 is 14.6 Å². The van der Waals surface area contributed by atoms with Gasteiger partial charge in [-0.3, -0.25) is 0 Å². The zero-order chi connectivity index (χ0) is 11.6. The van der Waals surface area contributed by atoms with Crippen LogP contribution in [-0.2, 0) is 9.47 Å². The van der Waals surface area contributed by atoms with Crippen molar-refractivity contribution >= 4 is 0 Å². The first-order valence-electron chi connectivity index (χ1n) is 6.36. The van der Waals surface area contributed by atoms with E-state index in [9.17, 15) is 5.11 Å². The summed E-state index contributed by atoms with van der Waals surface area (Å²) >= 11 is 0. The number of β-amino-alcohol motifs (C(OH)–C–C–N with tert-alkyl or cyclic N) is 1. The van der Waals surface area contributed by atoms with Crippen LogP contribution < -0.4 is 0 Å². The van der Waals surface area contributed by atoms with Crippen molar-refractivity contribution in [3.63, 3.8) is 0 Å². The maximum Gasteiger partial charge on any atom is 0.171 e. The molecule has 0 aliphatic carbocycles. The molecule has 2 aliphatic rings. The molecule has 0 unspecified atom stereocenters. The monoisotopic (exact) mass is 229 g/mol. The van der Waals surface area contributed by atoms with Gasteiger partial charge in [-0.15, -0.1) is 0 Å². The van der Waals surface area contributed by atoms with Crippen LogP contribution in [-0.4, -0.2) is 54.2 Å². The van der Waals surface area contributed by atoms with Crippen LogP contribution in [0, 0.1) is 0 Å². The number of hydrogen-bond acceptors (Lipinski definition) is 4. The van der Waals surface area contributed by atoms with Crippen molar-refractivity contribution in [3.8, 4) is 0 Å². The first kappa shape index (κ1) is 12.3. The minimum Gasteiger partial charge on any atom is -0.392 e. The number of hydrogen-bond donors (Lipinski definition) is 1. The summed E-state index contributed by atoms with van der Waals surface area (Å²) in [5.74, 6) is -0.312. The van der Waals surface area contributed by atoms with E-state index in [4.69, 9.17) is 9.47 Å². The largest absolute Gasteiger partial charge is 0.392 e. The maximum atomic E-state index is 9.60. The van der Waals surface area contributed by atoms with E-state index in [1.54, 1.807) is 0 Å². The van der Waals surface area contributed by atoms with Gasteiger partial charge in [0.25, 0.3) is 0 Å². The molecule has 0 aromatic heterocycles. The number of rotatable bonds is 3. The van der Waals surface area contributed by atoms with Crippen LogP contribution in [0.3, 0.4) is 0 Å². The van der Waals surface area contributed by atoms with Crippen molar-refractivity contribution in [2.24, 2.45) is 0 Å². The fraction of sp³-hybridized carbons (Fsp3) is 1.00. The number of likely N-dealkylation sites (tertiary alicyclic amines) is 1. The van der Waals surface area contributed by atoms with Crippen LogP contribution in [0.2, 0.25) is 0 Å². The summed E-state index contributed by atoms with van der Waals surface area (Å²) in [4.78, 5) is 2.30. The third kappa shape index (κ3) is 2.74. The molecule has 16 heavy (non-hydrogen) atoms. The second kappa shape index (κ2) is 5.00. The predicted octanol–water partition coefficient (Wildman–Crippen LogP) is 0.985. The number of ether oxygens (including phenoxy) is 2. The molecule has 2 saturated heterocycles. The molecule has 0 aromatic carbocycles. The van der Waals surface area contributed by atoms with Crippen LogP contribution in [0.15, 0.2) is 0 Å². The smallest absolute Gasteiger partial charge is 0.171 e. The van der Waals surface area contributed by atoms with Gasteiger partial charge in [-0.25, -0.2) is 0 Å². The van der Waals surface area contributed by atoms with Crippen LogP contribution in [0.5, 0.6) is 0 Å². The van der Waals surface area contributed by atoms with E-state index in [1.807, 2.05) is 6.92 Å². The Hall–Kier alpha value is -0.160. The molecular formula is C12H23NO3. The molecule has 94 valence electrons. The Kier molecular flexibility index (Phi) is 3.85. The molecule has 0 bridgehead atoms. The lowest BCUT2D eigenvalue weighted by Gasteiger charge is -2.38. The number of nitrogens with zero attached hydrogens (tertiary/aromatic N) is 1. The summed E-state index contributed by atoms with van der Waals surface area (Å²) in [6, 6.07) is 0. The molecule has 2 rings (SSSR count). The molecular weight excluding hydrogens is 206 g/mol. The SMILES string of the molecule is CC[C@@H](O)CN1CCC2(CC1)OC[C@@H](C)O2. The topological polar surface area (TPSA) is 41.9 Å². The lowest BCUT2D eigenvalue weighted by atomic mass is 10.0. The van der Waals surface area contributed by atoms with Gasteiger partial charge >= 0.3 is 0 Å². The fourth-order valence-corrected chi connectivity index (χ4v) is 2.47. The molecule has 2 heterocycles. The highest BCUT2D eigenvalue weighted by Gasteiger charge is 2.42. The first-order chi connectivity index (χ1) is 7.63. The Morgan fingerprint density at radius 2 is 2.12 bits per heavy atom. The molecule has 0 amide bonds. The summed E-state index contributed by atoms with van der Waals surface area (Å²) in [7, 11) is 0. The Morgan fingerprint density at radius 3 is 2.62 bits per heavy atom. The van der Waals surface area contributed by atoms with Gasteiger partial charge in [0.1, 0.15) is 0 Å². The van der Waals surface area contributed by atoms with E-state index in [1.165, 1.54) is 0 Å². The Bertz CT molecular complexity index is 226. The van der Waals surface area contributed by atoms with Crippen molar-refractivity contribution in [3.05, 3.63) is 0 Å². The molecule has 0 radical (unpaired) electrons. The predicted molar refractivity (Wildman–Crippen MR) is 61.2 cm³/mol. The average Bonchev–Trinajstić information content (AvgIpc) is 2.64. The first-order valence-corrected chi connectivity index (χ1v) is 6.36. The molecule has 2 fully saturated rings. The Balaban J connectivity index is 1.78. The zero-order valence-corrected chi connectivity index (χ0v) is 10.3. The van der Waals surface area contributed by atoms with Gasteiger partial charge in [0.2, 0.25) is 0 Å². The van der Waals surface area contributed by atoms with Crippen molar-refractivity contribution in [1.29, 1.82) is 0 Å². The molecule has 2 atom stereocenters. The quantitative estimate of drug-likeness (QED) is 0.783. The minimum absolute atomic E-state index is 0.196. The normalized spacial score (nSPS) is 32.1. The summed E-state index contributed by atoms with van der Waals surface area (Å²) < 4.78 is 11.6. The molecule has 1 spiro atoms. The minimum atomic E-state index is -0.312. The highest BCUT2D eigenvalue weighted by molar-refractivity contribution is 4.85. The van der Waals surface area contributed by atoms with Gasteiger partial charge in [-0.05, 0) is 13.3 Å². The number of aliphatic hydroxyl groups excluding tert-OH is 1. The Morgan fingerprint density at radius 1 is 1.44 bits per heavy atom. The molecule has 4 heteroatoms. The molecule has 0 saturated carbocycles. The lowest BCUT2D eigenvalue weighted by Crippen LogP contribution is -2.47. The van der Waals surface area contributed by atoms with Crippen LogP contribution in [0.1, 0.15) is 33.1 Å². The van der Waals surface area contributed by atoms with E-state index in [-0.39, 0.29) is 18.0 Å². The lowest BCUT2D eigenvalue weighted by molar-refractivity contribution is -0.194. The van der Waals surface area contributed by atoms with Crippen molar-refractivity contribution in [1.82, 2.24) is 4.90 Å². The van der Waals surface area contributed by atoms with E-state index in [0.29, 0.717) is 0 Å². The molecule has 1 N–H and O–H groups in total. The average molecular weight is 229 g/mol. The molecule has 0 aromatic rings. The van der Waals surface area contributed by atoms with Gasteiger partial charge < -0.3 is 19.5 Å². The number of aliphatic hydroxyl groups is 1. The van der Waals surface area contributed by atoms with Crippen LogP contribution in [0.4, 0.5) is 0 Å². The summed E-state index contributed by atoms with van der Waals surface area (Å²) in [6.07, 6.45) is 2.71. The van der Waals surface area contributed by atoms with Gasteiger partial charge in [-0.2, -0.15) is 0 Å². The number of piperidine rings is 1. The zero-order valence-electron chi connectivity index (χ0n) is 10.3. The fourth-order valence-electron chi connectivity index (χ4n) is 2.47. The third-order valence-corrected chi connectivity index (χ3v) is 3.56. The van der Waals surface area contributed by atoms with Gasteiger partial charge in [0, 0.05) is 32.5 Å². The van der Waals surface area contributed by atoms with E-state index in [0.717, 1.165) is 45.5 Å². The van der Waals surface area contributed by atoms with E-state index < -0.39 is 0 Å². The van der Waals surface area contributed by atoms with Gasteiger partial charge in [0.05, 0.1) is 18.8 Å². The van der Waals surface area contributed by atoms with Crippen LogP contribution >= 0.6 is 0 Å².